The Morgan fingerprint density at radius 1 is 1.43 bits per heavy atom. The molecule has 0 radical (unpaired) electrons. The fraction of sp³-hybridized carbons (Fsp3) is 0.571. The minimum atomic E-state index is -0.150. The van der Waals surface area contributed by atoms with E-state index in [1.165, 1.54) is 34.6 Å². The summed E-state index contributed by atoms with van der Waals surface area (Å²) in [6.07, 6.45) is 3.31. The Balaban J connectivity index is 1.71. The molecule has 0 bridgehead atoms. The van der Waals surface area contributed by atoms with E-state index in [1.807, 2.05) is 0 Å². The van der Waals surface area contributed by atoms with Crippen LogP contribution in [-0.2, 0) is 16.1 Å². The highest BCUT2D eigenvalue weighted by molar-refractivity contribution is 9.13. The van der Waals surface area contributed by atoms with Gasteiger partial charge in [0.2, 0.25) is 5.91 Å². The predicted octanol–water partition coefficient (Wildman–Crippen LogP) is 4.81. The largest absolute Gasteiger partial charge is 0.357 e. The highest BCUT2D eigenvalue weighted by Crippen LogP contribution is 2.48. The van der Waals surface area contributed by atoms with E-state index in [-0.39, 0.29) is 5.91 Å². The van der Waals surface area contributed by atoms with Crippen molar-refractivity contribution < 1.29 is 9.63 Å². The number of benzene rings is 1. The second-order valence-corrected chi connectivity index (χ2v) is 9.83. The minimum Gasteiger partial charge on any atom is -0.357 e. The number of hydroxylamine groups is 1. The number of amides is 1. The van der Waals surface area contributed by atoms with Crippen LogP contribution in [-0.4, -0.2) is 41.5 Å². The van der Waals surface area contributed by atoms with Crippen molar-refractivity contribution in [3.05, 3.63) is 31.8 Å². The molecule has 152 valence electrons. The van der Waals surface area contributed by atoms with E-state index in [4.69, 9.17) is 4.84 Å². The number of nitrogens with zero attached hydrogens (tertiary/aromatic N) is 1. The first-order chi connectivity index (χ1) is 13.4. The number of hydrogen-bond donors (Lipinski definition) is 2. The van der Waals surface area contributed by atoms with Crippen molar-refractivity contribution in [2.24, 2.45) is 5.92 Å². The Morgan fingerprint density at radius 3 is 2.93 bits per heavy atom. The summed E-state index contributed by atoms with van der Waals surface area (Å²) in [5.41, 5.74) is 7.87. The molecule has 5 nitrogen and oxygen atoms in total. The van der Waals surface area contributed by atoms with Crippen LogP contribution in [0.1, 0.15) is 49.4 Å². The summed E-state index contributed by atoms with van der Waals surface area (Å²) >= 11 is 7.50. The lowest BCUT2D eigenvalue weighted by atomic mass is 9.72. The Bertz CT molecular complexity index is 911. The molecule has 3 atom stereocenters. The number of nitrogens with one attached hydrogen (secondary N) is 2. The van der Waals surface area contributed by atoms with Crippen molar-refractivity contribution in [2.45, 2.75) is 52.0 Å². The molecule has 1 saturated heterocycles. The first-order valence-electron chi connectivity index (χ1n) is 10.0. The van der Waals surface area contributed by atoms with Crippen LogP contribution in [0, 0.1) is 12.8 Å². The molecule has 0 saturated carbocycles. The summed E-state index contributed by atoms with van der Waals surface area (Å²) < 4.78 is 2.20. The van der Waals surface area contributed by atoms with Crippen molar-refractivity contribution in [1.82, 2.24) is 15.4 Å². The van der Waals surface area contributed by atoms with Crippen LogP contribution in [0.25, 0.3) is 10.9 Å². The van der Waals surface area contributed by atoms with Crippen molar-refractivity contribution in [2.75, 3.05) is 19.7 Å². The predicted molar refractivity (Wildman–Crippen MR) is 118 cm³/mol. The molecule has 1 amide bonds. The second kappa shape index (κ2) is 8.09. The lowest BCUT2D eigenvalue weighted by molar-refractivity contribution is -0.133. The lowest BCUT2D eigenvalue weighted by Crippen LogP contribution is -2.51. The molecule has 1 aromatic heterocycles. The van der Waals surface area contributed by atoms with Gasteiger partial charge in [0, 0.05) is 41.0 Å². The van der Waals surface area contributed by atoms with E-state index in [2.05, 4.69) is 67.1 Å². The SMILES string of the molecule is CCCN1C[C@@H](CONC(C)=O)CC2c3cc(Br)c(Br)c4[nH]c(C)c(c34)C[C@H]21. The number of aryl methyl sites for hydroxylation is 1. The average Bonchev–Trinajstić information content (AvgIpc) is 2.97. The monoisotopic (exact) mass is 511 g/mol. The Labute approximate surface area is 182 Å². The molecular weight excluding hydrogens is 486 g/mol. The fourth-order valence-electron chi connectivity index (χ4n) is 5.14. The number of carbonyl (C=O) groups excluding carboxylic acids is 1. The molecule has 2 aliphatic rings. The topological polar surface area (TPSA) is 57.4 Å². The highest BCUT2D eigenvalue weighted by atomic mass is 79.9. The van der Waals surface area contributed by atoms with E-state index < -0.39 is 0 Å². The molecule has 7 heteroatoms. The summed E-state index contributed by atoms with van der Waals surface area (Å²) in [7, 11) is 0. The normalized spacial score (nSPS) is 24.4. The van der Waals surface area contributed by atoms with Gasteiger partial charge in [-0.15, -0.1) is 0 Å². The van der Waals surface area contributed by atoms with Crippen LogP contribution in [0.4, 0.5) is 0 Å². The van der Waals surface area contributed by atoms with E-state index in [9.17, 15) is 4.79 Å². The van der Waals surface area contributed by atoms with Gasteiger partial charge in [-0.2, -0.15) is 0 Å². The molecular formula is C21H27Br2N3O2. The van der Waals surface area contributed by atoms with E-state index in [0.29, 0.717) is 24.5 Å². The van der Waals surface area contributed by atoms with Gasteiger partial charge >= 0.3 is 0 Å². The summed E-state index contributed by atoms with van der Waals surface area (Å²) in [5, 5.41) is 1.40. The molecule has 1 aliphatic carbocycles. The Kier molecular flexibility index (Phi) is 5.89. The standard InChI is InChI=1S/C21H27Br2N3O2/c1-4-5-26-9-13(10-28-25-12(3)27)6-15-16-7-17(22)20(23)21-19(16)14(8-18(15)26)11(2)24-21/h7,13,15,18,24H,4-6,8-10H2,1-3H3,(H,25,27)/t13-,15?,18+/m0/s1. The molecule has 2 aromatic rings. The van der Waals surface area contributed by atoms with Gasteiger partial charge in [-0.1, -0.05) is 6.92 Å². The highest BCUT2D eigenvalue weighted by Gasteiger charge is 2.41. The van der Waals surface area contributed by atoms with Crippen LogP contribution < -0.4 is 5.48 Å². The Morgan fingerprint density at radius 2 is 2.21 bits per heavy atom. The van der Waals surface area contributed by atoms with Crippen LogP contribution in [0.5, 0.6) is 0 Å². The van der Waals surface area contributed by atoms with Gasteiger partial charge < -0.3 is 4.98 Å². The van der Waals surface area contributed by atoms with Gasteiger partial charge in [0.1, 0.15) is 0 Å². The Hall–Kier alpha value is -0.890. The van der Waals surface area contributed by atoms with Gasteiger partial charge in [0.15, 0.2) is 0 Å². The van der Waals surface area contributed by atoms with Crippen LogP contribution in [0.15, 0.2) is 15.0 Å². The lowest BCUT2D eigenvalue weighted by Gasteiger charge is -2.47. The average molecular weight is 513 g/mol. The first kappa shape index (κ1) is 20.4. The minimum absolute atomic E-state index is 0.150. The molecule has 1 unspecified atom stereocenters. The van der Waals surface area contributed by atoms with Crippen molar-refractivity contribution in [3.63, 3.8) is 0 Å². The van der Waals surface area contributed by atoms with E-state index in [1.54, 1.807) is 0 Å². The summed E-state index contributed by atoms with van der Waals surface area (Å²) in [6, 6.07) is 2.83. The summed E-state index contributed by atoms with van der Waals surface area (Å²) in [6.45, 7) is 8.59. The second-order valence-electron chi connectivity index (χ2n) is 8.18. The number of likely N-dealkylation sites (tertiary alicyclic amines) is 1. The molecule has 1 fully saturated rings. The molecule has 28 heavy (non-hydrogen) atoms. The van der Waals surface area contributed by atoms with Crippen LogP contribution in [0.3, 0.4) is 0 Å². The van der Waals surface area contributed by atoms with E-state index in [0.717, 1.165) is 41.3 Å². The molecule has 1 aromatic carbocycles. The van der Waals surface area contributed by atoms with Crippen molar-refractivity contribution in [3.8, 4) is 0 Å². The number of H-pyrrole nitrogens is 1. The number of halogens is 2. The van der Waals surface area contributed by atoms with Crippen molar-refractivity contribution in [1.29, 1.82) is 0 Å². The number of fused-ring (bicyclic) bond motifs is 2. The molecule has 4 rings (SSSR count). The fourth-order valence-corrected chi connectivity index (χ4v) is 6.00. The molecule has 0 spiro atoms. The zero-order valence-electron chi connectivity index (χ0n) is 16.6. The third-order valence-electron chi connectivity index (χ3n) is 6.19. The number of hydrogen-bond acceptors (Lipinski definition) is 3. The maximum Gasteiger partial charge on any atom is 0.240 e. The van der Waals surface area contributed by atoms with Gasteiger partial charge in [-0.25, -0.2) is 5.48 Å². The molecule has 1 aliphatic heterocycles. The number of aromatic nitrogens is 1. The molecule has 2 N–H and O–H groups in total. The van der Waals surface area contributed by atoms with Gasteiger partial charge in [0.05, 0.1) is 16.6 Å². The quantitative estimate of drug-likeness (QED) is 0.565. The summed E-state index contributed by atoms with van der Waals surface area (Å²) in [5.74, 6) is 0.724. The van der Waals surface area contributed by atoms with Gasteiger partial charge in [0.25, 0.3) is 0 Å². The molecule has 2 heterocycles. The smallest absolute Gasteiger partial charge is 0.240 e. The maximum absolute atomic E-state index is 11.2. The van der Waals surface area contributed by atoms with Gasteiger partial charge in [-0.05, 0) is 87.7 Å². The maximum atomic E-state index is 11.2. The van der Waals surface area contributed by atoms with Crippen LogP contribution in [0.2, 0.25) is 0 Å². The third-order valence-corrected chi connectivity index (χ3v) is 8.17. The summed E-state index contributed by atoms with van der Waals surface area (Å²) in [4.78, 5) is 22.9. The third kappa shape index (κ3) is 3.55. The zero-order chi connectivity index (χ0) is 20.0. The zero-order valence-corrected chi connectivity index (χ0v) is 19.7. The number of rotatable bonds is 5. The van der Waals surface area contributed by atoms with Crippen molar-refractivity contribution >= 4 is 48.7 Å². The number of aromatic amines is 1. The first-order valence-corrected chi connectivity index (χ1v) is 11.6. The number of carbonyl (C=O) groups is 1. The van der Waals surface area contributed by atoms with Crippen LogP contribution >= 0.6 is 31.9 Å². The number of piperidine rings is 1. The van der Waals surface area contributed by atoms with E-state index >= 15 is 0 Å². The van der Waals surface area contributed by atoms with Gasteiger partial charge in [-0.3, -0.25) is 14.5 Å².